The van der Waals surface area contributed by atoms with E-state index in [-0.39, 0.29) is 41.5 Å². The summed E-state index contributed by atoms with van der Waals surface area (Å²) in [5, 5.41) is 2.89. The molecule has 2 aliphatic heterocycles. The van der Waals surface area contributed by atoms with E-state index in [4.69, 9.17) is 31.9 Å². The Morgan fingerprint density at radius 3 is 2.28 bits per heavy atom. The lowest BCUT2D eigenvalue weighted by Gasteiger charge is -2.51. The number of carbonyl (C=O) groups is 1. The van der Waals surface area contributed by atoms with Gasteiger partial charge in [0.2, 0.25) is 0 Å². The van der Waals surface area contributed by atoms with Crippen molar-refractivity contribution < 1.29 is 42.4 Å². The number of rotatable bonds is 15. The van der Waals surface area contributed by atoms with Crippen molar-refractivity contribution in [3.8, 4) is 0 Å². The maximum absolute atomic E-state index is 13.0. The Hall–Kier alpha value is -2.65. The largest absolute Gasteiger partial charge is 0.414 e. The van der Waals surface area contributed by atoms with Crippen molar-refractivity contribution in [2.24, 2.45) is 0 Å². The first-order chi connectivity index (χ1) is 23.9. The third kappa shape index (κ3) is 7.89. The third-order valence-corrected chi connectivity index (χ3v) is 19.8. The first kappa shape index (κ1) is 38.6. The number of hydrogen-bond donors (Lipinski definition) is 2. The number of anilines is 1. The molecule has 2 aliphatic rings. The maximum Gasteiger partial charge on any atom is 0.335 e. The number of carbonyl (C=O) groups excluding carboxylic acids is 1. The minimum atomic E-state index is -2.99. The topological polar surface area (TPSA) is 165 Å². The van der Waals surface area contributed by atoms with E-state index in [1.807, 2.05) is 22.8 Å². The number of fused-ring (bicyclic) bond motifs is 2. The highest BCUT2D eigenvalue weighted by atomic mass is 28.5. The number of aromatic nitrogens is 4. The summed E-state index contributed by atoms with van der Waals surface area (Å²) in [6.45, 7) is 19.8. The SMILES string of the molecule is CC(C)[Si]1(C(C)C)OC[C@H]2O[C@@H](n3cnc4c(NC(=O)c5ccccc5)ncnc43)[C@@H](OCOCCOCC[NH3+])C2O[Si](C(C)C)(C(C)C)O1. The van der Waals surface area contributed by atoms with Gasteiger partial charge in [0.25, 0.3) is 5.91 Å². The van der Waals surface area contributed by atoms with E-state index in [0.29, 0.717) is 48.9 Å². The van der Waals surface area contributed by atoms with Crippen molar-refractivity contribution in [3.05, 3.63) is 48.5 Å². The molecule has 276 valence electrons. The fourth-order valence-electron chi connectivity index (χ4n) is 6.93. The summed E-state index contributed by atoms with van der Waals surface area (Å²) in [7, 11) is -5.79. The quantitative estimate of drug-likeness (QED) is 0.128. The predicted octanol–water partition coefficient (Wildman–Crippen LogP) is 4.55. The number of ether oxygens (including phenoxy) is 4. The first-order valence-electron chi connectivity index (χ1n) is 17.7. The van der Waals surface area contributed by atoms with Gasteiger partial charge in [-0.05, 0) is 34.3 Å². The lowest BCUT2D eigenvalue weighted by molar-refractivity contribution is -0.374. The van der Waals surface area contributed by atoms with Crippen LogP contribution in [0, 0.1) is 0 Å². The number of nitrogens with zero attached hydrogens (tertiary/aromatic N) is 4. The fourth-order valence-corrected chi connectivity index (χ4v) is 18.1. The standard InChI is InChI=1S/C34H54N6O8Si2/c1-22(2)49(23(3)4)45-18-27-29(47-50(48-49,24(5)6)25(7)8)30(44-21-43-17-16-42-15-14-35)34(46-27)40-20-38-28-31(36-19-37-32(28)40)39-33(41)26-12-10-9-11-13-26/h9-13,19-20,22-25,27,29-30,34H,14-18,21,35H2,1-8H3,(H,36,37,39,41)/p+1/t27-,29?,30+,34-/m1/s1. The Kier molecular flexibility index (Phi) is 13.0. The van der Waals surface area contributed by atoms with Crippen LogP contribution in [0.1, 0.15) is 72.0 Å². The summed E-state index contributed by atoms with van der Waals surface area (Å²) in [6.07, 6.45) is 0.678. The van der Waals surface area contributed by atoms with Gasteiger partial charge in [0.1, 0.15) is 31.4 Å². The monoisotopic (exact) mass is 731 g/mol. The van der Waals surface area contributed by atoms with E-state index in [1.54, 1.807) is 18.5 Å². The number of nitrogens with one attached hydrogen (secondary N) is 1. The molecule has 2 saturated heterocycles. The molecule has 2 fully saturated rings. The van der Waals surface area contributed by atoms with Crippen LogP contribution in [-0.2, 0) is 31.9 Å². The second-order valence-electron chi connectivity index (χ2n) is 14.1. The molecule has 4 heterocycles. The Morgan fingerprint density at radius 2 is 1.62 bits per heavy atom. The van der Waals surface area contributed by atoms with Gasteiger partial charge in [-0.2, -0.15) is 0 Å². The second-order valence-corrected chi connectivity index (χ2v) is 23.0. The zero-order chi connectivity index (χ0) is 36.1. The average Bonchev–Trinajstić information content (AvgIpc) is 3.65. The molecular weight excluding hydrogens is 677 g/mol. The molecule has 2 aromatic heterocycles. The molecule has 0 radical (unpaired) electrons. The van der Waals surface area contributed by atoms with Crippen LogP contribution < -0.4 is 11.1 Å². The molecule has 0 aliphatic carbocycles. The number of benzene rings is 1. The van der Waals surface area contributed by atoms with Crippen LogP contribution in [0.3, 0.4) is 0 Å². The highest BCUT2D eigenvalue weighted by Gasteiger charge is 2.62. The molecule has 16 heteroatoms. The average molecular weight is 732 g/mol. The van der Waals surface area contributed by atoms with Gasteiger partial charge in [0, 0.05) is 5.56 Å². The molecule has 4 atom stereocenters. The van der Waals surface area contributed by atoms with E-state index < -0.39 is 41.7 Å². The minimum absolute atomic E-state index is 0.0128. The lowest BCUT2D eigenvalue weighted by Crippen LogP contribution is -2.66. The number of hydrogen-bond acceptors (Lipinski definition) is 11. The summed E-state index contributed by atoms with van der Waals surface area (Å²) in [5.41, 5.74) is 5.82. The Bertz CT molecular complexity index is 1530. The molecule has 5 rings (SSSR count). The Labute approximate surface area is 297 Å². The van der Waals surface area contributed by atoms with Gasteiger partial charge in [-0.1, -0.05) is 73.6 Å². The van der Waals surface area contributed by atoms with Crippen LogP contribution in [0.4, 0.5) is 5.82 Å². The van der Waals surface area contributed by atoms with E-state index >= 15 is 0 Å². The fraction of sp³-hybridized carbons (Fsp3) is 0.647. The van der Waals surface area contributed by atoms with Crippen molar-refractivity contribution in [1.29, 1.82) is 0 Å². The molecule has 1 aromatic carbocycles. The van der Waals surface area contributed by atoms with Crippen LogP contribution in [0.25, 0.3) is 11.2 Å². The second kappa shape index (κ2) is 16.8. The van der Waals surface area contributed by atoms with Crippen molar-refractivity contribution in [2.75, 3.05) is 45.1 Å². The number of amides is 1. The molecule has 0 bridgehead atoms. The minimum Gasteiger partial charge on any atom is -0.414 e. The van der Waals surface area contributed by atoms with Crippen LogP contribution in [-0.4, -0.2) is 101 Å². The molecule has 1 amide bonds. The summed E-state index contributed by atoms with van der Waals surface area (Å²) in [4.78, 5) is 26.6. The van der Waals surface area contributed by atoms with Gasteiger partial charge in [-0.15, -0.1) is 0 Å². The van der Waals surface area contributed by atoms with E-state index in [1.165, 1.54) is 6.33 Å². The molecule has 1 unspecified atom stereocenters. The molecule has 4 N–H and O–H groups in total. The number of quaternary nitrogens is 1. The summed E-state index contributed by atoms with van der Waals surface area (Å²) in [6, 6.07) is 8.95. The van der Waals surface area contributed by atoms with Crippen molar-refractivity contribution in [3.63, 3.8) is 0 Å². The van der Waals surface area contributed by atoms with E-state index in [2.05, 4.69) is 81.4 Å². The molecule has 3 aromatic rings. The van der Waals surface area contributed by atoms with E-state index in [9.17, 15) is 4.79 Å². The van der Waals surface area contributed by atoms with Crippen LogP contribution >= 0.6 is 0 Å². The predicted molar refractivity (Wildman–Crippen MR) is 192 cm³/mol. The molecule has 50 heavy (non-hydrogen) atoms. The molecule has 14 nitrogen and oxygen atoms in total. The van der Waals surface area contributed by atoms with Crippen molar-refractivity contribution in [2.45, 2.75) is 102 Å². The normalized spacial score (nSPS) is 23.5. The van der Waals surface area contributed by atoms with Gasteiger partial charge < -0.3 is 43.0 Å². The molecule has 0 spiro atoms. The Morgan fingerprint density at radius 1 is 0.940 bits per heavy atom. The molecule has 0 saturated carbocycles. The zero-order valence-electron chi connectivity index (χ0n) is 30.7. The van der Waals surface area contributed by atoms with Gasteiger partial charge in [0.15, 0.2) is 23.2 Å². The van der Waals surface area contributed by atoms with Gasteiger partial charge in [0.05, 0.1) is 39.3 Å². The third-order valence-electron chi connectivity index (χ3n) is 9.52. The van der Waals surface area contributed by atoms with Crippen LogP contribution in [0.5, 0.6) is 0 Å². The van der Waals surface area contributed by atoms with Gasteiger partial charge in [-0.3, -0.25) is 9.36 Å². The van der Waals surface area contributed by atoms with Crippen LogP contribution in [0.15, 0.2) is 43.0 Å². The van der Waals surface area contributed by atoms with Crippen molar-refractivity contribution in [1.82, 2.24) is 19.5 Å². The van der Waals surface area contributed by atoms with Crippen molar-refractivity contribution >= 4 is 40.0 Å². The van der Waals surface area contributed by atoms with E-state index in [0.717, 1.165) is 0 Å². The highest BCUT2D eigenvalue weighted by molar-refractivity contribution is 6.84. The summed E-state index contributed by atoms with van der Waals surface area (Å²) in [5.74, 6) is -0.0103. The summed E-state index contributed by atoms with van der Waals surface area (Å²) >= 11 is 0. The zero-order valence-corrected chi connectivity index (χ0v) is 32.7. The number of imidazole rings is 1. The molecular formula is C34H55N6O8Si2+. The highest BCUT2D eigenvalue weighted by Crippen LogP contribution is 2.49. The Balaban J connectivity index is 1.51. The first-order valence-corrected chi connectivity index (χ1v) is 21.7. The smallest absolute Gasteiger partial charge is 0.335 e. The lowest BCUT2D eigenvalue weighted by atomic mass is 10.1. The van der Waals surface area contributed by atoms with Crippen LogP contribution in [0.2, 0.25) is 22.2 Å². The van der Waals surface area contributed by atoms with Gasteiger partial charge in [-0.25, -0.2) is 15.0 Å². The maximum atomic E-state index is 13.0. The van der Waals surface area contributed by atoms with Gasteiger partial charge >= 0.3 is 17.1 Å². The summed E-state index contributed by atoms with van der Waals surface area (Å²) < 4.78 is 48.4.